The van der Waals surface area contributed by atoms with Crippen LogP contribution in [0.2, 0.25) is 0 Å². The molecule has 2 unspecified atom stereocenters. The van der Waals surface area contributed by atoms with Gasteiger partial charge in [-0.15, -0.1) is 34.4 Å². The normalized spacial score (nSPS) is 13.6. The summed E-state index contributed by atoms with van der Waals surface area (Å²) in [5, 5.41) is 19.7. The van der Waals surface area contributed by atoms with Crippen molar-refractivity contribution in [1.82, 2.24) is 4.98 Å². The van der Waals surface area contributed by atoms with Crippen molar-refractivity contribution in [1.29, 1.82) is 0 Å². The van der Waals surface area contributed by atoms with Gasteiger partial charge in [0, 0.05) is 26.3 Å². The molecule has 1 radical (unpaired) electrons. The summed E-state index contributed by atoms with van der Waals surface area (Å²) in [5.41, 5.74) is 10.2. The summed E-state index contributed by atoms with van der Waals surface area (Å²) in [6, 6.07) is 23.1. The second-order valence-electron chi connectivity index (χ2n) is 9.18. The molecule has 0 bridgehead atoms. The maximum Gasteiger partial charge on any atom is 0.0536 e. The van der Waals surface area contributed by atoms with Crippen LogP contribution in [0.25, 0.3) is 33.2 Å². The van der Waals surface area contributed by atoms with Gasteiger partial charge in [-0.25, -0.2) is 0 Å². The maximum atomic E-state index is 8.56. The summed E-state index contributed by atoms with van der Waals surface area (Å²) in [6.45, 7) is 7.65. The molecule has 0 saturated heterocycles. The Morgan fingerprint density at radius 3 is 2.21 bits per heavy atom. The maximum absolute atomic E-state index is 8.56. The molecule has 0 amide bonds. The van der Waals surface area contributed by atoms with Crippen LogP contribution in [0.5, 0.6) is 0 Å². The molecule has 4 heteroatoms. The fraction of sp³-hybridized carbons (Fsp3) is 0.300. The van der Waals surface area contributed by atoms with E-state index in [0.717, 1.165) is 18.5 Å². The predicted molar refractivity (Wildman–Crippen MR) is 136 cm³/mol. The summed E-state index contributed by atoms with van der Waals surface area (Å²) in [7, 11) is 0. The third-order valence-electron chi connectivity index (χ3n) is 6.18. The van der Waals surface area contributed by atoms with Gasteiger partial charge >= 0.3 is 0 Å². The van der Waals surface area contributed by atoms with E-state index >= 15 is 0 Å². The van der Waals surface area contributed by atoms with Crippen molar-refractivity contribution in [3.63, 3.8) is 0 Å². The first-order chi connectivity index (χ1) is 15.8. The molecule has 1 heterocycles. The monoisotopic (exact) mass is 631 g/mol. The minimum Gasteiger partial charge on any atom is -0.393 e. The van der Waals surface area contributed by atoms with Crippen LogP contribution in [0.4, 0.5) is 0 Å². The molecule has 2 atom stereocenters. The number of rotatable bonds is 3. The number of aromatic nitrogens is 1. The molecule has 4 aromatic rings. The van der Waals surface area contributed by atoms with Crippen LogP contribution in [-0.2, 0) is 32.9 Å². The molecule has 3 aromatic carbocycles. The van der Waals surface area contributed by atoms with Crippen molar-refractivity contribution in [2.75, 3.05) is 0 Å². The third-order valence-corrected chi connectivity index (χ3v) is 6.18. The van der Waals surface area contributed by atoms with E-state index in [-0.39, 0.29) is 32.3 Å². The van der Waals surface area contributed by atoms with Gasteiger partial charge in [0.2, 0.25) is 0 Å². The van der Waals surface area contributed by atoms with Crippen LogP contribution in [0.3, 0.4) is 0 Å². The van der Waals surface area contributed by atoms with Gasteiger partial charge in [0.05, 0.1) is 12.2 Å². The largest absolute Gasteiger partial charge is 0.393 e. The average molecular weight is 631 g/mol. The minimum atomic E-state index is -0.375. The molecule has 1 aromatic heterocycles. The Morgan fingerprint density at radius 2 is 1.56 bits per heavy atom. The van der Waals surface area contributed by atoms with E-state index in [1.54, 1.807) is 13.8 Å². The predicted octanol–water partition coefficient (Wildman–Crippen LogP) is 6.22. The molecule has 0 spiro atoms. The zero-order valence-electron chi connectivity index (χ0n) is 20.2. The van der Waals surface area contributed by atoms with Crippen LogP contribution in [0.1, 0.15) is 42.5 Å². The van der Waals surface area contributed by atoms with Crippen LogP contribution >= 0.6 is 0 Å². The Kier molecular flexibility index (Phi) is 8.78. The minimum absolute atomic E-state index is 0. The molecular weight excluding hydrogens is 599 g/mol. The molecule has 1 aliphatic rings. The summed E-state index contributed by atoms with van der Waals surface area (Å²) in [4.78, 5) is 4.84. The average Bonchev–Trinajstić information content (AvgIpc) is 2.78. The van der Waals surface area contributed by atoms with Crippen LogP contribution < -0.4 is 0 Å². The number of aliphatic hydroxyl groups is 2. The second-order valence-corrected chi connectivity index (χ2v) is 9.18. The summed E-state index contributed by atoms with van der Waals surface area (Å²) >= 11 is 0. The van der Waals surface area contributed by atoms with E-state index in [4.69, 9.17) is 15.2 Å². The number of hydrogen-bond acceptors (Lipinski definition) is 3. The van der Waals surface area contributed by atoms with Crippen LogP contribution in [0.15, 0.2) is 60.8 Å². The van der Waals surface area contributed by atoms with Gasteiger partial charge in [-0.1, -0.05) is 68.3 Å². The zero-order valence-corrected chi connectivity index (χ0v) is 22.6. The van der Waals surface area contributed by atoms with Crippen molar-refractivity contribution in [2.45, 2.75) is 59.2 Å². The first kappa shape index (κ1) is 26.2. The quantitative estimate of drug-likeness (QED) is 0.265. The van der Waals surface area contributed by atoms with Gasteiger partial charge in [-0.3, -0.25) is 0 Å². The molecule has 34 heavy (non-hydrogen) atoms. The van der Waals surface area contributed by atoms with E-state index in [2.05, 4.69) is 74.5 Å². The van der Waals surface area contributed by atoms with Gasteiger partial charge < -0.3 is 15.2 Å². The van der Waals surface area contributed by atoms with Crippen molar-refractivity contribution in [3.05, 3.63) is 89.1 Å². The van der Waals surface area contributed by atoms with E-state index < -0.39 is 0 Å². The third kappa shape index (κ3) is 5.82. The molecule has 0 fully saturated rings. The first-order valence-electron chi connectivity index (χ1n) is 11.7. The number of aryl methyl sites for hydroxylation is 3. The zero-order chi connectivity index (χ0) is 23.5. The Hall–Kier alpha value is -2.36. The van der Waals surface area contributed by atoms with Gasteiger partial charge in [0.25, 0.3) is 0 Å². The summed E-state index contributed by atoms with van der Waals surface area (Å²) in [6.07, 6.45) is 3.85. The van der Waals surface area contributed by atoms with E-state index in [9.17, 15) is 0 Å². The fourth-order valence-electron chi connectivity index (χ4n) is 4.73. The molecule has 0 aliphatic heterocycles. The van der Waals surface area contributed by atoms with Gasteiger partial charge in [-0.05, 0) is 60.3 Å². The molecule has 0 saturated carbocycles. The standard InChI is InChI=1S/C25H20N.C5H12O2.Ir/c1-16-12-17(2)21-10-11-22-23-14-19(18-6-4-3-5-7-18)8-9-20(23)15-26-25(22)24(21)13-16;1-4(6)3-5(2)7;/h3-9,12,14-15H,10-11H2,1-2H3;4-7H,3H2,1-2H3;/q-1;;. The number of nitrogens with zero attached hydrogens (tertiary/aromatic N) is 1. The van der Waals surface area contributed by atoms with Crippen LogP contribution in [0, 0.1) is 19.9 Å². The second kappa shape index (κ2) is 11.4. The Bertz CT molecular complexity index is 1260. The Balaban J connectivity index is 0.000000357. The van der Waals surface area contributed by atoms with Gasteiger partial charge in [0.15, 0.2) is 0 Å². The van der Waals surface area contributed by atoms with E-state index in [1.165, 1.54) is 49.7 Å². The van der Waals surface area contributed by atoms with Crippen molar-refractivity contribution >= 4 is 10.8 Å². The van der Waals surface area contributed by atoms with Crippen LogP contribution in [-0.4, -0.2) is 27.4 Å². The molecule has 5 rings (SSSR count). The fourth-order valence-corrected chi connectivity index (χ4v) is 4.73. The molecule has 3 nitrogen and oxygen atoms in total. The number of pyridine rings is 1. The number of aliphatic hydroxyl groups excluding tert-OH is 2. The summed E-state index contributed by atoms with van der Waals surface area (Å²) < 4.78 is 0. The molecule has 2 N–H and O–H groups in total. The number of benzene rings is 3. The van der Waals surface area contributed by atoms with E-state index in [0.29, 0.717) is 6.42 Å². The van der Waals surface area contributed by atoms with Crippen molar-refractivity contribution < 1.29 is 30.3 Å². The smallest absolute Gasteiger partial charge is 0.0536 e. The van der Waals surface area contributed by atoms with Gasteiger partial charge in [-0.2, -0.15) is 0 Å². The molecule has 1 aliphatic carbocycles. The van der Waals surface area contributed by atoms with Crippen molar-refractivity contribution in [3.8, 4) is 22.4 Å². The Morgan fingerprint density at radius 1 is 0.882 bits per heavy atom. The SMILES string of the molecule is CC(O)CC(C)O.Cc1[c-]c2c(c(C)c1)CCc1c-2ncc2ccc(-c3ccccc3)cc12.[Ir]. The number of hydrogen-bond donors (Lipinski definition) is 2. The van der Waals surface area contributed by atoms with Crippen molar-refractivity contribution in [2.24, 2.45) is 0 Å². The Labute approximate surface area is 216 Å². The molecule has 179 valence electrons. The number of fused-ring (bicyclic) bond motifs is 5. The molecular formula is C30H32IrNO2-. The first-order valence-corrected chi connectivity index (χ1v) is 11.7. The summed E-state index contributed by atoms with van der Waals surface area (Å²) in [5.74, 6) is 0. The van der Waals surface area contributed by atoms with E-state index in [1.807, 2.05) is 6.20 Å². The topological polar surface area (TPSA) is 53.4 Å². The van der Waals surface area contributed by atoms with Gasteiger partial charge in [0.1, 0.15) is 0 Å².